The van der Waals surface area contributed by atoms with Crippen LogP contribution in [0.5, 0.6) is 0 Å². The molecule has 0 aromatic carbocycles. The first-order valence-electron chi connectivity index (χ1n) is 9.18. The normalized spacial score (nSPS) is 27.5. The average molecular weight is 469 g/mol. The van der Waals surface area contributed by atoms with E-state index in [9.17, 15) is 0 Å². The predicted octanol–water partition coefficient (Wildman–Crippen LogP) is 3.90. The molecule has 0 bridgehead atoms. The average Bonchev–Trinajstić information content (AvgIpc) is 2.59. The lowest BCUT2D eigenvalue weighted by molar-refractivity contribution is 0.0782. The van der Waals surface area contributed by atoms with Crippen LogP contribution in [0.1, 0.15) is 52.4 Å². The predicted molar refractivity (Wildman–Crippen MR) is 117 cm³/mol. The third-order valence-electron chi connectivity index (χ3n) is 5.69. The minimum absolute atomic E-state index is 0. The van der Waals surface area contributed by atoms with Crippen LogP contribution >= 0.6 is 35.7 Å². The lowest BCUT2D eigenvalue weighted by atomic mass is 9.80. The SMILES string of the molecule is CN=C(NCC1(SC)CCOCC1)NC1CCC(C(C)C)CC1.I. The fourth-order valence-electron chi connectivity index (χ4n) is 3.76. The number of rotatable bonds is 5. The number of aliphatic imine (C=N–C) groups is 1. The number of hydrogen-bond acceptors (Lipinski definition) is 3. The Bertz CT molecular complexity index is 378. The van der Waals surface area contributed by atoms with Crippen LogP contribution in [-0.2, 0) is 4.74 Å². The highest BCUT2D eigenvalue weighted by molar-refractivity contribution is 14.0. The van der Waals surface area contributed by atoms with E-state index in [2.05, 4.69) is 35.7 Å². The van der Waals surface area contributed by atoms with Gasteiger partial charge in [0, 0.05) is 37.6 Å². The molecule has 0 spiro atoms. The number of ether oxygens (including phenoxy) is 1. The Morgan fingerprint density at radius 2 is 1.83 bits per heavy atom. The monoisotopic (exact) mass is 469 g/mol. The Balaban J connectivity index is 0.00000288. The fraction of sp³-hybridized carbons (Fsp3) is 0.944. The van der Waals surface area contributed by atoms with Crippen LogP contribution in [0, 0.1) is 11.8 Å². The summed E-state index contributed by atoms with van der Waals surface area (Å²) >= 11 is 1.97. The zero-order valence-electron chi connectivity index (χ0n) is 15.8. The Morgan fingerprint density at radius 1 is 1.21 bits per heavy atom. The lowest BCUT2D eigenvalue weighted by Gasteiger charge is -2.37. The second kappa shape index (κ2) is 11.1. The zero-order chi connectivity index (χ0) is 16.7. The van der Waals surface area contributed by atoms with Crippen LogP contribution in [0.25, 0.3) is 0 Å². The Morgan fingerprint density at radius 3 is 2.33 bits per heavy atom. The van der Waals surface area contributed by atoms with E-state index in [1.54, 1.807) is 0 Å². The number of nitrogens with one attached hydrogen (secondary N) is 2. The summed E-state index contributed by atoms with van der Waals surface area (Å²) in [6.07, 6.45) is 9.69. The van der Waals surface area contributed by atoms with E-state index in [1.807, 2.05) is 18.8 Å². The fourth-order valence-corrected chi connectivity index (χ4v) is 4.55. The van der Waals surface area contributed by atoms with Crippen LogP contribution in [-0.4, -0.2) is 49.8 Å². The molecule has 0 unspecified atom stereocenters. The Kier molecular flexibility index (Phi) is 10.4. The van der Waals surface area contributed by atoms with Gasteiger partial charge in [-0.05, 0) is 56.6 Å². The van der Waals surface area contributed by atoms with Gasteiger partial charge in [-0.2, -0.15) is 11.8 Å². The lowest BCUT2D eigenvalue weighted by Crippen LogP contribution is -2.50. The smallest absolute Gasteiger partial charge is 0.191 e. The van der Waals surface area contributed by atoms with E-state index >= 15 is 0 Å². The summed E-state index contributed by atoms with van der Waals surface area (Å²) < 4.78 is 5.82. The zero-order valence-corrected chi connectivity index (χ0v) is 18.9. The summed E-state index contributed by atoms with van der Waals surface area (Å²) in [5.41, 5.74) is 0. The summed E-state index contributed by atoms with van der Waals surface area (Å²) in [6.45, 7) is 7.45. The molecular weight excluding hydrogens is 433 g/mol. The molecule has 4 nitrogen and oxygen atoms in total. The van der Waals surface area contributed by atoms with Gasteiger partial charge in [0.05, 0.1) is 0 Å². The molecular formula is C18H36IN3OS. The summed E-state index contributed by atoms with van der Waals surface area (Å²) in [6, 6.07) is 0.580. The maximum Gasteiger partial charge on any atom is 0.191 e. The summed E-state index contributed by atoms with van der Waals surface area (Å²) in [5.74, 6) is 2.70. The third kappa shape index (κ3) is 6.56. The molecule has 1 aliphatic heterocycles. The summed E-state index contributed by atoms with van der Waals surface area (Å²) in [7, 11) is 1.88. The molecule has 2 fully saturated rings. The second-order valence-corrected chi connectivity index (χ2v) is 8.70. The highest BCUT2D eigenvalue weighted by Gasteiger charge is 2.32. The topological polar surface area (TPSA) is 45.7 Å². The Labute approximate surface area is 169 Å². The van der Waals surface area contributed by atoms with Gasteiger partial charge in [-0.15, -0.1) is 24.0 Å². The van der Waals surface area contributed by atoms with E-state index in [0.29, 0.717) is 10.8 Å². The van der Waals surface area contributed by atoms with Gasteiger partial charge in [-0.25, -0.2) is 0 Å². The molecule has 0 aromatic heterocycles. The van der Waals surface area contributed by atoms with Crippen LogP contribution in [0.3, 0.4) is 0 Å². The first kappa shape index (κ1) is 22.4. The minimum Gasteiger partial charge on any atom is -0.381 e. The number of halogens is 1. The van der Waals surface area contributed by atoms with Crippen molar-refractivity contribution in [1.29, 1.82) is 0 Å². The van der Waals surface area contributed by atoms with Crippen molar-refractivity contribution >= 4 is 41.7 Å². The molecule has 24 heavy (non-hydrogen) atoms. The summed E-state index contributed by atoms with van der Waals surface area (Å²) in [4.78, 5) is 4.44. The van der Waals surface area contributed by atoms with Crippen LogP contribution in [0.2, 0.25) is 0 Å². The second-order valence-electron chi connectivity index (χ2n) is 7.43. The molecule has 0 amide bonds. The van der Waals surface area contributed by atoms with E-state index in [4.69, 9.17) is 4.74 Å². The van der Waals surface area contributed by atoms with Gasteiger partial charge in [0.1, 0.15) is 0 Å². The van der Waals surface area contributed by atoms with Gasteiger partial charge in [-0.3, -0.25) is 4.99 Å². The summed E-state index contributed by atoms with van der Waals surface area (Å²) in [5, 5.41) is 7.22. The van der Waals surface area contributed by atoms with Gasteiger partial charge >= 0.3 is 0 Å². The molecule has 0 atom stereocenters. The van der Waals surface area contributed by atoms with Crippen molar-refractivity contribution in [3.63, 3.8) is 0 Å². The highest BCUT2D eigenvalue weighted by atomic mass is 127. The first-order valence-corrected chi connectivity index (χ1v) is 10.4. The maximum absolute atomic E-state index is 5.52. The van der Waals surface area contributed by atoms with Crippen molar-refractivity contribution in [2.75, 3.05) is 33.1 Å². The van der Waals surface area contributed by atoms with Crippen LogP contribution in [0.4, 0.5) is 0 Å². The largest absolute Gasteiger partial charge is 0.381 e. The van der Waals surface area contributed by atoms with Gasteiger partial charge in [0.15, 0.2) is 5.96 Å². The van der Waals surface area contributed by atoms with Crippen molar-refractivity contribution in [1.82, 2.24) is 10.6 Å². The number of thioether (sulfide) groups is 1. The molecule has 1 aliphatic carbocycles. The van der Waals surface area contributed by atoms with E-state index < -0.39 is 0 Å². The van der Waals surface area contributed by atoms with Gasteiger partial charge < -0.3 is 15.4 Å². The third-order valence-corrected chi connectivity index (χ3v) is 7.11. The number of nitrogens with zero attached hydrogens (tertiary/aromatic N) is 1. The maximum atomic E-state index is 5.52. The van der Waals surface area contributed by atoms with Crippen molar-refractivity contribution in [3.8, 4) is 0 Å². The molecule has 2 N–H and O–H groups in total. The minimum atomic E-state index is 0. The Hall–Kier alpha value is 0.310. The van der Waals surface area contributed by atoms with Crippen molar-refractivity contribution in [2.24, 2.45) is 16.8 Å². The van der Waals surface area contributed by atoms with Crippen molar-refractivity contribution in [3.05, 3.63) is 0 Å². The molecule has 1 saturated heterocycles. The molecule has 6 heteroatoms. The van der Waals surface area contributed by atoms with E-state index in [1.165, 1.54) is 25.7 Å². The van der Waals surface area contributed by atoms with Gasteiger partial charge in [-0.1, -0.05) is 13.8 Å². The number of guanidine groups is 1. The van der Waals surface area contributed by atoms with Crippen molar-refractivity contribution < 1.29 is 4.74 Å². The van der Waals surface area contributed by atoms with Crippen LogP contribution < -0.4 is 10.6 Å². The van der Waals surface area contributed by atoms with Gasteiger partial charge in [0.2, 0.25) is 0 Å². The first-order chi connectivity index (χ1) is 11.1. The molecule has 0 aromatic rings. The van der Waals surface area contributed by atoms with E-state index in [0.717, 1.165) is 50.4 Å². The van der Waals surface area contributed by atoms with E-state index in [-0.39, 0.29) is 24.0 Å². The molecule has 0 radical (unpaired) electrons. The highest BCUT2D eigenvalue weighted by Crippen LogP contribution is 2.33. The van der Waals surface area contributed by atoms with Gasteiger partial charge in [0.25, 0.3) is 0 Å². The van der Waals surface area contributed by atoms with Crippen molar-refractivity contribution in [2.45, 2.75) is 63.2 Å². The van der Waals surface area contributed by atoms with Crippen LogP contribution in [0.15, 0.2) is 4.99 Å². The molecule has 1 saturated carbocycles. The molecule has 1 heterocycles. The quantitative estimate of drug-likeness (QED) is 0.364. The standard InChI is InChI=1S/C18H35N3OS.HI/c1-14(2)15-5-7-16(8-6-15)21-17(19-3)20-13-18(23-4)9-11-22-12-10-18;/h14-16H,5-13H2,1-4H3,(H2,19,20,21);1H. The number of hydrogen-bond donors (Lipinski definition) is 2. The molecule has 2 aliphatic rings. The molecule has 2 rings (SSSR count). The molecule has 142 valence electrons.